The van der Waals surface area contributed by atoms with Crippen LogP contribution in [0.15, 0.2) is 23.0 Å². The Kier molecular flexibility index (Phi) is 6.12. The molecule has 1 atom stereocenters. The van der Waals surface area contributed by atoms with Gasteiger partial charge in [-0.15, -0.1) is 0 Å². The molecule has 1 aromatic rings. The first-order valence-electron chi connectivity index (χ1n) is 5.60. The lowest BCUT2D eigenvalue weighted by Gasteiger charge is -2.17. The Labute approximate surface area is 91.8 Å². The summed E-state index contributed by atoms with van der Waals surface area (Å²) in [6.07, 6.45) is 6.76. The zero-order valence-corrected chi connectivity index (χ0v) is 9.66. The molecule has 1 N–H and O–H groups in total. The third-order valence-corrected chi connectivity index (χ3v) is 2.42. The van der Waals surface area contributed by atoms with Crippen molar-refractivity contribution in [1.29, 1.82) is 0 Å². The van der Waals surface area contributed by atoms with Gasteiger partial charge in [-0.3, -0.25) is 0 Å². The Balaban J connectivity index is 2.33. The predicted octanol–water partition coefficient (Wildman–Crippen LogP) is 2.23. The Morgan fingerprint density at radius 3 is 3.00 bits per heavy atom. The molecule has 0 saturated heterocycles. The number of nitrogens with one attached hydrogen (secondary N) is 1. The summed E-state index contributed by atoms with van der Waals surface area (Å²) in [6, 6.07) is 2.51. The smallest absolute Gasteiger partial charge is 0.0935 e. The first-order valence-corrected chi connectivity index (χ1v) is 5.60. The topological polar surface area (TPSA) is 34.4 Å². The maximum atomic E-state index is 5.11. The molecule has 0 bridgehead atoms. The minimum atomic E-state index is 0.488. The van der Waals surface area contributed by atoms with Crippen LogP contribution in [-0.2, 0) is 11.2 Å². The first kappa shape index (κ1) is 12.3. The van der Waals surface area contributed by atoms with E-state index in [2.05, 4.69) is 12.2 Å². The van der Waals surface area contributed by atoms with E-state index < -0.39 is 0 Å². The predicted molar refractivity (Wildman–Crippen MR) is 61.0 cm³/mol. The van der Waals surface area contributed by atoms with Crippen molar-refractivity contribution >= 4 is 0 Å². The Morgan fingerprint density at radius 1 is 1.53 bits per heavy atom. The molecule has 15 heavy (non-hydrogen) atoms. The lowest BCUT2D eigenvalue weighted by molar-refractivity contribution is 0.182. The van der Waals surface area contributed by atoms with E-state index in [0.717, 1.165) is 32.4 Å². The normalized spacial score (nSPS) is 12.9. The summed E-state index contributed by atoms with van der Waals surface area (Å²) in [7, 11) is 1.74. The minimum absolute atomic E-state index is 0.488. The van der Waals surface area contributed by atoms with Crippen LogP contribution in [-0.4, -0.2) is 26.3 Å². The number of methoxy groups -OCH3 is 1. The average Bonchev–Trinajstić information content (AvgIpc) is 2.74. The van der Waals surface area contributed by atoms with Crippen LogP contribution in [0.3, 0.4) is 0 Å². The number of hydrogen-bond acceptors (Lipinski definition) is 3. The Bertz CT molecular complexity index is 226. The van der Waals surface area contributed by atoms with Crippen molar-refractivity contribution in [3.05, 3.63) is 24.2 Å². The summed E-state index contributed by atoms with van der Waals surface area (Å²) in [5, 5.41) is 3.52. The minimum Gasteiger partial charge on any atom is -0.472 e. The lowest BCUT2D eigenvalue weighted by atomic mass is 10.1. The molecule has 3 heteroatoms. The number of hydrogen-bond donors (Lipinski definition) is 1. The maximum Gasteiger partial charge on any atom is 0.0935 e. The average molecular weight is 211 g/mol. The fourth-order valence-electron chi connectivity index (χ4n) is 1.58. The molecule has 86 valence electrons. The molecule has 1 aromatic heterocycles. The highest BCUT2D eigenvalue weighted by atomic mass is 16.5. The summed E-state index contributed by atoms with van der Waals surface area (Å²) in [6.45, 7) is 4.05. The molecular formula is C12H21NO2. The van der Waals surface area contributed by atoms with Gasteiger partial charge in [-0.1, -0.05) is 6.92 Å². The van der Waals surface area contributed by atoms with E-state index in [-0.39, 0.29) is 0 Å². The SMILES string of the molecule is CCCNC(CCOC)Cc1ccoc1. The van der Waals surface area contributed by atoms with Crippen LogP contribution < -0.4 is 5.32 Å². The monoisotopic (exact) mass is 211 g/mol. The van der Waals surface area contributed by atoms with Gasteiger partial charge in [-0.25, -0.2) is 0 Å². The summed E-state index contributed by atoms with van der Waals surface area (Å²) < 4.78 is 10.2. The van der Waals surface area contributed by atoms with Gasteiger partial charge in [0.05, 0.1) is 12.5 Å². The van der Waals surface area contributed by atoms with Gasteiger partial charge in [-0.2, -0.15) is 0 Å². The molecule has 0 aromatic carbocycles. The van der Waals surface area contributed by atoms with Gasteiger partial charge in [0.1, 0.15) is 0 Å². The van der Waals surface area contributed by atoms with Crippen molar-refractivity contribution in [3.8, 4) is 0 Å². The van der Waals surface area contributed by atoms with Gasteiger partial charge in [0.15, 0.2) is 0 Å². The maximum absolute atomic E-state index is 5.11. The van der Waals surface area contributed by atoms with E-state index in [1.54, 1.807) is 13.4 Å². The highest BCUT2D eigenvalue weighted by Crippen LogP contribution is 2.06. The van der Waals surface area contributed by atoms with Crippen molar-refractivity contribution in [2.24, 2.45) is 0 Å². The van der Waals surface area contributed by atoms with E-state index in [9.17, 15) is 0 Å². The molecule has 1 unspecified atom stereocenters. The van der Waals surface area contributed by atoms with E-state index in [1.807, 2.05) is 12.3 Å². The van der Waals surface area contributed by atoms with Gasteiger partial charge >= 0.3 is 0 Å². The van der Waals surface area contributed by atoms with E-state index in [0.29, 0.717) is 6.04 Å². The second-order valence-corrected chi connectivity index (χ2v) is 3.77. The zero-order valence-electron chi connectivity index (χ0n) is 9.66. The van der Waals surface area contributed by atoms with Crippen LogP contribution in [0.25, 0.3) is 0 Å². The molecule has 0 aliphatic heterocycles. The Hall–Kier alpha value is -0.800. The molecule has 1 heterocycles. The summed E-state index contributed by atoms with van der Waals surface area (Å²) >= 11 is 0. The number of ether oxygens (including phenoxy) is 1. The number of furan rings is 1. The fraction of sp³-hybridized carbons (Fsp3) is 0.667. The van der Waals surface area contributed by atoms with Crippen molar-refractivity contribution < 1.29 is 9.15 Å². The van der Waals surface area contributed by atoms with E-state index in [4.69, 9.17) is 9.15 Å². The molecule has 0 aliphatic rings. The van der Waals surface area contributed by atoms with Crippen LogP contribution in [0.5, 0.6) is 0 Å². The van der Waals surface area contributed by atoms with E-state index >= 15 is 0 Å². The molecule has 0 radical (unpaired) electrons. The first-order chi connectivity index (χ1) is 7.36. The molecular weight excluding hydrogens is 190 g/mol. The standard InChI is InChI=1S/C12H21NO2/c1-3-6-13-12(5-7-14-2)9-11-4-8-15-10-11/h4,8,10,12-13H,3,5-7,9H2,1-2H3. The highest BCUT2D eigenvalue weighted by molar-refractivity contribution is 5.07. The van der Waals surface area contributed by atoms with Crippen molar-refractivity contribution in [1.82, 2.24) is 5.32 Å². The number of rotatable bonds is 8. The summed E-state index contributed by atoms with van der Waals surface area (Å²) in [5.41, 5.74) is 1.25. The largest absolute Gasteiger partial charge is 0.472 e. The van der Waals surface area contributed by atoms with Gasteiger partial charge in [0.2, 0.25) is 0 Å². The van der Waals surface area contributed by atoms with Crippen molar-refractivity contribution in [3.63, 3.8) is 0 Å². The zero-order chi connectivity index (χ0) is 10.9. The van der Waals surface area contributed by atoms with Crippen LogP contribution in [0.4, 0.5) is 0 Å². The second kappa shape index (κ2) is 7.49. The molecule has 1 rings (SSSR count). The molecule has 3 nitrogen and oxygen atoms in total. The molecule has 0 aliphatic carbocycles. The van der Waals surface area contributed by atoms with Gasteiger partial charge in [0, 0.05) is 19.8 Å². The second-order valence-electron chi connectivity index (χ2n) is 3.77. The van der Waals surface area contributed by atoms with Gasteiger partial charge in [-0.05, 0) is 37.4 Å². The molecule has 0 amide bonds. The van der Waals surface area contributed by atoms with Crippen LogP contribution in [0.2, 0.25) is 0 Å². The third-order valence-electron chi connectivity index (χ3n) is 2.42. The third kappa shape index (κ3) is 5.00. The molecule has 0 spiro atoms. The summed E-state index contributed by atoms with van der Waals surface area (Å²) in [4.78, 5) is 0. The van der Waals surface area contributed by atoms with E-state index in [1.165, 1.54) is 5.56 Å². The highest BCUT2D eigenvalue weighted by Gasteiger charge is 2.08. The van der Waals surface area contributed by atoms with Crippen LogP contribution >= 0.6 is 0 Å². The van der Waals surface area contributed by atoms with Crippen LogP contribution in [0, 0.1) is 0 Å². The van der Waals surface area contributed by atoms with Gasteiger partial charge < -0.3 is 14.5 Å². The van der Waals surface area contributed by atoms with Crippen molar-refractivity contribution in [2.45, 2.75) is 32.2 Å². The fourth-order valence-corrected chi connectivity index (χ4v) is 1.58. The molecule has 0 saturated carbocycles. The summed E-state index contributed by atoms with van der Waals surface area (Å²) in [5.74, 6) is 0. The Morgan fingerprint density at radius 2 is 2.40 bits per heavy atom. The lowest BCUT2D eigenvalue weighted by Crippen LogP contribution is -2.32. The molecule has 0 fully saturated rings. The van der Waals surface area contributed by atoms with Gasteiger partial charge in [0.25, 0.3) is 0 Å². The van der Waals surface area contributed by atoms with Crippen LogP contribution in [0.1, 0.15) is 25.3 Å². The van der Waals surface area contributed by atoms with Crippen molar-refractivity contribution in [2.75, 3.05) is 20.3 Å². The quantitative estimate of drug-likeness (QED) is 0.716.